The zero-order chi connectivity index (χ0) is 100. The Balaban J connectivity index is 0.000000210. The number of amides is 3. The van der Waals surface area contributed by atoms with Crippen molar-refractivity contribution in [2.24, 2.45) is 5.14 Å². The molecule has 0 bridgehead atoms. The van der Waals surface area contributed by atoms with E-state index >= 15 is 4.39 Å². The number of aliphatic hydroxyl groups is 6. The van der Waals surface area contributed by atoms with Gasteiger partial charge >= 0.3 is 5.97 Å². The van der Waals surface area contributed by atoms with Crippen LogP contribution in [0.4, 0.5) is 17.6 Å². The molecule has 3 amide bonds. The zero-order valence-corrected chi connectivity index (χ0v) is 83.2. The smallest absolute Gasteiger partial charge is 0.307 e. The lowest BCUT2D eigenvalue weighted by molar-refractivity contribution is -0.136. The van der Waals surface area contributed by atoms with Crippen LogP contribution in [0.25, 0.3) is 0 Å². The molecule has 0 aliphatic heterocycles. The molecule has 43 heteroatoms. The summed E-state index contributed by atoms with van der Waals surface area (Å²) in [4.78, 5) is 65.8. The number of aromatic nitrogens is 4. The lowest BCUT2D eigenvalue weighted by atomic mass is 9.87. The van der Waals surface area contributed by atoms with Crippen LogP contribution in [0.15, 0.2) is 41.1 Å². The van der Waals surface area contributed by atoms with Crippen molar-refractivity contribution in [2.75, 3.05) is 0 Å². The van der Waals surface area contributed by atoms with Gasteiger partial charge in [0.15, 0.2) is 16.8 Å². The van der Waals surface area contributed by atoms with Gasteiger partial charge in [-0.05, 0) is 258 Å². The Bertz CT molecular complexity index is 6010. The van der Waals surface area contributed by atoms with Crippen molar-refractivity contribution >= 4 is 109 Å². The van der Waals surface area contributed by atoms with E-state index in [0.717, 1.165) is 85.2 Å². The number of aliphatic carboxylic acids is 1. The number of nitrogens with one attached hydrogen (secondary N) is 3. The first-order valence-electron chi connectivity index (χ1n) is 42.5. The lowest BCUT2D eigenvalue weighted by Crippen LogP contribution is -2.32. The van der Waals surface area contributed by atoms with Gasteiger partial charge in [0.05, 0.1) is 83.9 Å². The number of hydrogen-bond acceptors (Lipinski definition) is 30. The molecular weight excluding hydrogens is 1890 g/mol. The fourth-order valence-electron chi connectivity index (χ4n) is 14.7. The van der Waals surface area contributed by atoms with Gasteiger partial charge in [-0.1, -0.05) is 69.2 Å². The van der Waals surface area contributed by atoms with Gasteiger partial charge in [0.2, 0.25) is 27.7 Å². The van der Waals surface area contributed by atoms with Crippen LogP contribution >= 0.6 is 45.3 Å². The van der Waals surface area contributed by atoms with E-state index in [0.29, 0.717) is 91.1 Å². The number of nitrogens with zero attached hydrogens (tertiary/aromatic N) is 8. The number of carboxylic acids is 1. The molecule has 0 spiro atoms. The largest absolute Gasteiger partial charge is 0.481 e. The molecule has 4 aliphatic rings. The molecule has 0 unspecified atom stereocenters. The van der Waals surface area contributed by atoms with Gasteiger partial charge in [-0.2, -0.15) is 21.0 Å². The minimum absolute atomic E-state index is 0.0275. The molecule has 0 atom stereocenters. The van der Waals surface area contributed by atoms with Gasteiger partial charge in [0, 0.05) is 0 Å². The molecule has 12 N–H and O–H groups in total. The van der Waals surface area contributed by atoms with Gasteiger partial charge < -0.3 is 35.7 Å². The average Bonchev–Trinajstić information content (AvgIpc) is 1.52. The number of carbonyl (C=O) groups is 4. The minimum Gasteiger partial charge on any atom is -0.481 e. The summed E-state index contributed by atoms with van der Waals surface area (Å²) in [5.74, 6) is -6.55. The van der Waals surface area contributed by atoms with Crippen LogP contribution in [0.2, 0.25) is 0 Å². The van der Waals surface area contributed by atoms with Crippen LogP contribution in [0.1, 0.15) is 355 Å². The highest BCUT2D eigenvalue weighted by atomic mass is 32.3. The molecule has 133 heavy (non-hydrogen) atoms. The fourth-order valence-corrected chi connectivity index (χ4v) is 24.5. The van der Waals surface area contributed by atoms with Crippen molar-refractivity contribution in [2.45, 2.75) is 314 Å². The Labute approximate surface area is 787 Å². The Morgan fingerprint density at radius 2 is 0.609 bits per heavy atom. The van der Waals surface area contributed by atoms with Gasteiger partial charge in [-0.15, -0.1) is 45.3 Å². The van der Waals surface area contributed by atoms with Crippen LogP contribution in [0.3, 0.4) is 0 Å². The van der Waals surface area contributed by atoms with Crippen molar-refractivity contribution in [3.05, 3.63) is 179 Å². The SMILES string of the molecule is CC(C)c1c(F)c(C#N)cc(C2CC2)c1CC(=O)NS(=O)(=O)c1sc(C(C)(C)O)nc1CO.CC(C)c1c(F)c(C#N)cc(C2CC2)c1CC(=O)NS(=O)(=O)c1sc(C(C)(C)O)nc1CO.CC(C)c1c(F)c(C#N)cc(C2CC2)c1CC(=O)O.CCc1nc(C(C)(C)O)sc1S(=O)(=O)NC(=O)Cc1c(C2CC2)cc(C#N)c(F)c1C(C)C.CCc1nc(C(C)(C)O)sc1S(N)(=O)=O. The summed E-state index contributed by atoms with van der Waals surface area (Å²) in [5.41, 5.74) is 0.744. The maximum absolute atomic E-state index is 15.0. The number of halogens is 4. The van der Waals surface area contributed by atoms with Crippen molar-refractivity contribution in [1.82, 2.24) is 34.1 Å². The van der Waals surface area contributed by atoms with Crippen molar-refractivity contribution in [1.29, 1.82) is 21.0 Å². The third-order valence-corrected chi connectivity index (χ3v) is 34.3. The van der Waals surface area contributed by atoms with E-state index < -0.39 is 123 Å². The number of thiazole rings is 4. The van der Waals surface area contributed by atoms with Crippen LogP contribution in [-0.4, -0.2) is 113 Å². The van der Waals surface area contributed by atoms with Crippen molar-refractivity contribution in [3.8, 4) is 24.3 Å². The summed E-state index contributed by atoms with van der Waals surface area (Å²) >= 11 is 3.06. The Morgan fingerprint density at radius 1 is 0.406 bits per heavy atom. The van der Waals surface area contributed by atoms with Gasteiger partial charge in [0.1, 0.15) is 90.0 Å². The molecule has 12 rings (SSSR count). The molecule has 4 saturated carbocycles. The third kappa shape index (κ3) is 26.8. The molecule has 0 saturated heterocycles. The summed E-state index contributed by atoms with van der Waals surface area (Å²) < 4.78 is 165. The van der Waals surface area contributed by atoms with E-state index in [9.17, 15) is 112 Å². The zero-order valence-electron chi connectivity index (χ0n) is 76.7. The van der Waals surface area contributed by atoms with E-state index in [1.807, 2.05) is 47.6 Å². The number of nitrogens with two attached hydrogens (primary N) is 1. The fraction of sp³-hybridized carbons (Fsp3) is 0.511. The average molecular weight is 2000 g/mol. The molecule has 0 radical (unpaired) electrons. The normalized spacial score (nSPS) is 14.3. The second-order valence-electron chi connectivity index (χ2n) is 36.0. The Hall–Kier alpha value is -9.52. The number of aryl methyl sites for hydroxylation is 2. The molecule has 720 valence electrons. The molecule has 4 aromatic heterocycles. The number of carboxylic acid groups (broad SMARTS) is 1. The van der Waals surface area contributed by atoms with Gasteiger partial charge in [0.25, 0.3) is 30.1 Å². The topological polar surface area (TPSA) is 555 Å². The molecule has 4 heterocycles. The number of sulfonamides is 4. The lowest BCUT2D eigenvalue weighted by Gasteiger charge is -2.19. The highest BCUT2D eigenvalue weighted by Gasteiger charge is 2.41. The molecule has 31 nitrogen and oxygen atoms in total. The maximum atomic E-state index is 15.0. The molecule has 4 aromatic carbocycles. The van der Waals surface area contributed by atoms with Crippen LogP contribution in [-0.2, 0) is 133 Å². The highest BCUT2D eigenvalue weighted by molar-refractivity contribution is 7.93. The number of aliphatic hydroxyl groups excluding tert-OH is 2. The summed E-state index contributed by atoms with van der Waals surface area (Å²) in [7, 11) is -16.8. The standard InChI is InChI=1S/C23H28FN3O4S2.2C22H26FN3O5S2.C15H16FNO2.C8H14N2O3S2/c1-6-17-21(32-22(26-17)23(4,5)29)33(30,31)27-18(28)10-16-15(13-7-8-13)9-14(11-25)20(24)19(16)12(2)3;2*1-11(2)18-15(14(12-5-6-12)7-13(9-24)19(18)23)8-17(28)26-33(30,31)20-16(10-27)25-21(32-20)22(3,4)29;1-8(2)14-12(6-13(18)19)11(9-3-4-9)5-10(7-17)15(14)16;1-4-5-6(15(9,12)13)14-7(10-5)8(2,3)11/h9,12-13,29H,6-8,10H2,1-5H3,(H,27,28);2*7,11-12,27,29H,5-6,8,10H2,1-4H3,(H,26,28);5,8-9H,3-4,6H2,1-2H3,(H,18,19);11H,4H2,1-3H3,(H2,9,12,13). The molecule has 8 aromatic rings. The summed E-state index contributed by atoms with van der Waals surface area (Å²) in [6.07, 6.45) is 6.64. The predicted octanol–water partition coefficient (Wildman–Crippen LogP) is 13.7. The maximum Gasteiger partial charge on any atom is 0.307 e. The van der Waals surface area contributed by atoms with Gasteiger partial charge in [-0.3, -0.25) is 19.2 Å². The number of primary sulfonamides is 1. The van der Waals surface area contributed by atoms with E-state index in [1.165, 1.54) is 65.8 Å². The number of hydrogen-bond donors (Lipinski definition) is 11. The van der Waals surface area contributed by atoms with Crippen molar-refractivity contribution < 1.29 is 106 Å². The van der Waals surface area contributed by atoms with Crippen LogP contribution in [0, 0.1) is 68.6 Å². The van der Waals surface area contributed by atoms with E-state index in [2.05, 4.69) is 24.7 Å². The monoisotopic (exact) mass is 1990 g/mol. The van der Waals surface area contributed by atoms with Crippen LogP contribution in [0.5, 0.6) is 0 Å². The van der Waals surface area contributed by atoms with Crippen molar-refractivity contribution in [3.63, 3.8) is 0 Å². The number of benzene rings is 4. The van der Waals surface area contributed by atoms with E-state index in [-0.39, 0.29) is 155 Å². The summed E-state index contributed by atoms with van der Waals surface area (Å²) in [6, 6.07) is 13.4. The number of nitriles is 4. The van der Waals surface area contributed by atoms with Gasteiger partial charge in [-0.25, -0.2) is 90.5 Å². The van der Waals surface area contributed by atoms with Crippen LogP contribution < -0.4 is 19.3 Å². The quantitative estimate of drug-likeness (QED) is 0.0180. The Kier molecular flexibility index (Phi) is 35.0. The number of rotatable bonds is 31. The minimum atomic E-state index is -4.40. The number of carbonyl (C=O) groups excluding carboxylic acids is 3. The molecular formula is C90H110F4N12O19S8. The highest BCUT2D eigenvalue weighted by Crippen LogP contribution is 2.50. The van der Waals surface area contributed by atoms with E-state index in [4.69, 9.17) is 15.5 Å². The second-order valence-corrected chi connectivity index (χ2v) is 47.4. The summed E-state index contributed by atoms with van der Waals surface area (Å²) in [6.45, 7) is 28.1. The van der Waals surface area contributed by atoms with E-state index in [1.54, 1.807) is 69.2 Å². The summed E-state index contributed by atoms with van der Waals surface area (Å²) in [5, 5.41) is 111. The molecule has 4 fully saturated rings. The first-order chi connectivity index (χ1) is 61.5. The third-order valence-electron chi connectivity index (χ3n) is 21.4. The predicted molar refractivity (Wildman–Crippen MR) is 489 cm³/mol. The Morgan fingerprint density at radius 3 is 0.782 bits per heavy atom. The first kappa shape index (κ1) is 109. The second kappa shape index (κ2) is 42.8. The molecule has 4 aliphatic carbocycles. The first-order valence-corrected chi connectivity index (χ1v) is 51.8.